The van der Waals surface area contributed by atoms with Gasteiger partial charge in [0.05, 0.1) is 33.4 Å². The number of pyridine rings is 1. The molecule has 0 spiro atoms. The molecular weight excluding hydrogens is 893 g/mol. The van der Waals surface area contributed by atoms with E-state index >= 15 is 0 Å². The molecule has 5 nitrogen and oxygen atoms in total. The lowest BCUT2D eigenvalue weighted by Gasteiger charge is -2.29. The Balaban J connectivity index is 1.01. The van der Waals surface area contributed by atoms with Crippen molar-refractivity contribution in [2.24, 2.45) is 0 Å². The summed E-state index contributed by atoms with van der Waals surface area (Å²) in [5, 5.41) is 5.02. The molecule has 0 bridgehead atoms. The molecular formula is C66H54N4OSi. The van der Waals surface area contributed by atoms with E-state index in [1.807, 2.05) is 12.3 Å². The number of hydrogen-bond donors (Lipinski definition) is 0. The highest BCUT2D eigenvalue weighted by atomic mass is 28.3. The van der Waals surface area contributed by atoms with Gasteiger partial charge in [0, 0.05) is 23.0 Å². The van der Waals surface area contributed by atoms with Gasteiger partial charge < -0.3 is 4.74 Å². The van der Waals surface area contributed by atoms with Crippen molar-refractivity contribution in [3.8, 4) is 62.1 Å². The number of hydrogen-bond acceptors (Lipinski definition) is 2. The number of benzene rings is 9. The average molecular weight is 947 g/mol. The van der Waals surface area contributed by atoms with Crippen LogP contribution in [0, 0.1) is 6.33 Å². The third-order valence-corrected chi connectivity index (χ3v) is 17.8. The van der Waals surface area contributed by atoms with Crippen molar-refractivity contribution in [1.82, 2.24) is 14.1 Å². The maximum atomic E-state index is 6.84. The van der Waals surface area contributed by atoms with Gasteiger partial charge in [-0.1, -0.05) is 197 Å². The summed E-state index contributed by atoms with van der Waals surface area (Å²) in [6.07, 6.45) is 5.87. The third kappa shape index (κ3) is 8.09. The van der Waals surface area contributed by atoms with Crippen molar-refractivity contribution in [1.29, 1.82) is 0 Å². The fourth-order valence-electron chi connectivity index (χ4n) is 10.4. The number of aromatic nitrogens is 4. The van der Waals surface area contributed by atoms with Crippen LogP contribution in [-0.4, -0.2) is 22.2 Å². The molecule has 3 aromatic heterocycles. The predicted octanol–water partition coefficient (Wildman–Crippen LogP) is 15.1. The first-order chi connectivity index (χ1) is 35.1. The second-order valence-corrected chi connectivity index (χ2v) is 24.6. The second kappa shape index (κ2) is 18.0. The molecule has 0 unspecified atom stereocenters. The van der Waals surface area contributed by atoms with Crippen molar-refractivity contribution in [2.45, 2.75) is 39.3 Å². The number of rotatable bonds is 10. The Labute approximate surface area is 422 Å². The number of ether oxygens (including phenoxy) is 1. The van der Waals surface area contributed by atoms with Crippen LogP contribution in [0.2, 0.25) is 13.1 Å². The van der Waals surface area contributed by atoms with Gasteiger partial charge in [0.25, 0.3) is 6.33 Å². The van der Waals surface area contributed by atoms with Gasteiger partial charge in [-0.15, -0.1) is 0 Å². The van der Waals surface area contributed by atoms with Gasteiger partial charge in [0.2, 0.25) is 0 Å². The maximum Gasteiger partial charge on any atom is 0.269 e. The molecule has 9 aromatic carbocycles. The molecule has 6 heteroatoms. The topological polar surface area (TPSA) is 35.9 Å². The van der Waals surface area contributed by atoms with E-state index in [0.717, 1.165) is 67.3 Å². The van der Waals surface area contributed by atoms with Crippen molar-refractivity contribution in [3.63, 3.8) is 0 Å². The summed E-state index contributed by atoms with van der Waals surface area (Å²) >= 11 is 0. The van der Waals surface area contributed by atoms with Gasteiger partial charge >= 0.3 is 0 Å². The molecule has 0 saturated carbocycles. The SMILES string of the molecule is CC(C)(C)c1ccnc(-n2c3ccccc3c3ccc(Oc4cccc(-n5[c-][n+](-c6c(-c7cc(-c8ccccc8)cc(-c8ccccc8)c7)cccc6[Si](C)(C)c6ccccc6)c6ccccc65)c4)cc32)c1. The minimum atomic E-state index is -2.36. The first-order valence-corrected chi connectivity index (χ1v) is 27.8. The Morgan fingerprint density at radius 1 is 0.500 bits per heavy atom. The van der Waals surface area contributed by atoms with E-state index in [0.29, 0.717) is 0 Å². The Morgan fingerprint density at radius 3 is 1.83 bits per heavy atom. The van der Waals surface area contributed by atoms with Crippen LogP contribution >= 0.6 is 0 Å². The monoisotopic (exact) mass is 946 g/mol. The highest BCUT2D eigenvalue weighted by Crippen LogP contribution is 2.38. The maximum absolute atomic E-state index is 6.84. The molecule has 0 aliphatic carbocycles. The van der Waals surface area contributed by atoms with Gasteiger partial charge in [-0.25, -0.2) is 4.98 Å². The number of nitrogens with zero attached hydrogens (tertiary/aromatic N) is 4. The van der Waals surface area contributed by atoms with E-state index in [4.69, 9.17) is 9.72 Å². The van der Waals surface area contributed by atoms with Crippen molar-refractivity contribution < 1.29 is 9.30 Å². The largest absolute Gasteiger partial charge is 0.458 e. The van der Waals surface area contributed by atoms with Gasteiger partial charge in [-0.3, -0.25) is 13.7 Å². The first-order valence-electron chi connectivity index (χ1n) is 24.8. The zero-order valence-corrected chi connectivity index (χ0v) is 42.2. The van der Waals surface area contributed by atoms with Crippen molar-refractivity contribution in [2.75, 3.05) is 0 Å². The number of para-hydroxylation sites is 4. The molecule has 0 aliphatic heterocycles. The average Bonchev–Trinajstić information content (AvgIpc) is 3.97. The fraction of sp³-hybridized carbons (Fsp3) is 0.0909. The van der Waals surface area contributed by atoms with E-state index in [1.54, 1.807) is 0 Å². The highest BCUT2D eigenvalue weighted by Gasteiger charge is 2.32. The van der Waals surface area contributed by atoms with Crippen LogP contribution in [0.1, 0.15) is 26.3 Å². The van der Waals surface area contributed by atoms with E-state index in [-0.39, 0.29) is 5.41 Å². The summed E-state index contributed by atoms with van der Waals surface area (Å²) in [6, 6.07) is 82.7. The molecule has 0 atom stereocenters. The Morgan fingerprint density at radius 2 is 1.11 bits per heavy atom. The standard InChI is InChI=1S/C66H54N4OSi/c1-66(2,3)51-37-38-67-64(42-51)70-59-31-16-15-29-57(59)58-36-35-54(44-62(58)70)71-53-26-19-25-52(43-53)68-45-69(61-33-18-17-32-60(61)68)65-56(30-20-34-63(65)72(4,5)55-27-13-8-14-28-55)50-40-48(46-21-9-6-10-22-46)39-49(41-50)47-23-11-7-12-24-47/h6-44H,1-5H3. The first kappa shape index (κ1) is 44.6. The molecule has 0 saturated heterocycles. The molecule has 348 valence electrons. The van der Waals surface area contributed by atoms with Crippen LogP contribution < -0.4 is 19.7 Å². The van der Waals surface area contributed by atoms with Crippen LogP contribution in [0.25, 0.3) is 83.4 Å². The lowest BCUT2D eigenvalue weighted by Crippen LogP contribution is -2.57. The van der Waals surface area contributed by atoms with Crippen LogP contribution in [-0.2, 0) is 5.41 Å². The number of imidazole rings is 1. The lowest BCUT2D eigenvalue weighted by molar-refractivity contribution is -0.570. The van der Waals surface area contributed by atoms with Gasteiger partial charge in [0.15, 0.2) is 0 Å². The molecule has 0 aliphatic rings. The van der Waals surface area contributed by atoms with E-state index in [1.165, 1.54) is 43.6 Å². The molecule has 0 amide bonds. The zero-order chi connectivity index (χ0) is 49.0. The van der Waals surface area contributed by atoms with Crippen molar-refractivity contribution >= 4 is 51.3 Å². The summed E-state index contributed by atoms with van der Waals surface area (Å²) < 4.78 is 13.6. The Kier molecular flexibility index (Phi) is 11.1. The normalized spacial score (nSPS) is 12.0. The van der Waals surface area contributed by atoms with Crippen LogP contribution in [0.3, 0.4) is 0 Å². The van der Waals surface area contributed by atoms with Gasteiger partial charge in [0.1, 0.15) is 25.4 Å². The molecule has 0 fully saturated rings. The van der Waals surface area contributed by atoms with Crippen LogP contribution in [0.15, 0.2) is 237 Å². The highest BCUT2D eigenvalue weighted by molar-refractivity contribution is 7.01. The second-order valence-electron chi connectivity index (χ2n) is 20.3. The summed E-state index contributed by atoms with van der Waals surface area (Å²) in [6.45, 7) is 11.7. The minimum absolute atomic E-state index is 0.0231. The van der Waals surface area contributed by atoms with E-state index < -0.39 is 8.07 Å². The van der Waals surface area contributed by atoms with Crippen LogP contribution in [0.4, 0.5) is 0 Å². The summed E-state index contributed by atoms with van der Waals surface area (Å²) in [4.78, 5) is 4.91. The Hall–Kier alpha value is -8.58. The molecule has 72 heavy (non-hydrogen) atoms. The molecule has 12 aromatic rings. The molecule has 3 heterocycles. The summed E-state index contributed by atoms with van der Waals surface area (Å²) in [5.41, 5.74) is 14.5. The van der Waals surface area contributed by atoms with Gasteiger partial charge in [-0.05, 0) is 116 Å². The smallest absolute Gasteiger partial charge is 0.269 e. The predicted molar refractivity (Wildman–Crippen MR) is 300 cm³/mol. The quantitative estimate of drug-likeness (QED) is 0.0778. The lowest BCUT2D eigenvalue weighted by atomic mass is 9.88. The van der Waals surface area contributed by atoms with Gasteiger partial charge in [-0.2, -0.15) is 0 Å². The van der Waals surface area contributed by atoms with E-state index in [2.05, 4.69) is 278 Å². The molecule has 0 N–H and O–H groups in total. The van der Waals surface area contributed by atoms with Crippen LogP contribution in [0.5, 0.6) is 11.5 Å². The fourth-order valence-corrected chi connectivity index (χ4v) is 13.1. The van der Waals surface area contributed by atoms with E-state index in [9.17, 15) is 0 Å². The summed E-state index contributed by atoms with van der Waals surface area (Å²) in [5.74, 6) is 2.35. The Bertz CT molecular complexity index is 3900. The number of fused-ring (bicyclic) bond motifs is 4. The summed E-state index contributed by atoms with van der Waals surface area (Å²) in [7, 11) is -2.36. The third-order valence-electron chi connectivity index (χ3n) is 14.2. The minimum Gasteiger partial charge on any atom is -0.458 e. The van der Waals surface area contributed by atoms with Crippen molar-refractivity contribution in [3.05, 3.63) is 249 Å². The molecule has 0 radical (unpaired) electrons. The zero-order valence-electron chi connectivity index (χ0n) is 41.2. The molecule has 12 rings (SSSR count).